The van der Waals surface area contributed by atoms with Crippen LogP contribution in [0.3, 0.4) is 0 Å². The van der Waals surface area contributed by atoms with Crippen molar-refractivity contribution in [2.75, 3.05) is 26.2 Å². The molecule has 0 radical (unpaired) electrons. The van der Waals surface area contributed by atoms with E-state index in [-0.39, 0.29) is 30.2 Å². The number of ketones is 1. The highest BCUT2D eigenvalue weighted by molar-refractivity contribution is 5.98. The van der Waals surface area contributed by atoms with E-state index in [0.29, 0.717) is 30.1 Å². The Labute approximate surface area is 167 Å². The molecule has 0 aromatic heterocycles. The smallest absolute Gasteiger partial charge is 0.251 e. The van der Waals surface area contributed by atoms with Gasteiger partial charge in [-0.3, -0.25) is 14.4 Å². The van der Waals surface area contributed by atoms with Gasteiger partial charge >= 0.3 is 0 Å². The van der Waals surface area contributed by atoms with Gasteiger partial charge in [0.05, 0.1) is 6.54 Å². The zero-order chi connectivity index (χ0) is 21.1. The van der Waals surface area contributed by atoms with Crippen molar-refractivity contribution in [1.82, 2.24) is 10.2 Å². The quantitative estimate of drug-likeness (QED) is 0.637. The normalized spacial score (nSPS) is 18.7. The Hall–Kier alpha value is -2.25. The van der Waals surface area contributed by atoms with Crippen LogP contribution in [0.15, 0.2) is 24.3 Å². The van der Waals surface area contributed by atoms with Crippen LogP contribution in [-0.4, -0.2) is 54.7 Å². The molecule has 1 aromatic carbocycles. The molecule has 0 aliphatic carbocycles. The van der Waals surface area contributed by atoms with Gasteiger partial charge in [0.15, 0.2) is 5.78 Å². The van der Waals surface area contributed by atoms with Gasteiger partial charge in [0.1, 0.15) is 0 Å². The maximum absolute atomic E-state index is 12.2. The van der Waals surface area contributed by atoms with Crippen LogP contribution >= 0.6 is 0 Å². The summed E-state index contributed by atoms with van der Waals surface area (Å²) in [6.45, 7) is 7.67. The van der Waals surface area contributed by atoms with E-state index >= 15 is 0 Å². The van der Waals surface area contributed by atoms with Gasteiger partial charge in [0, 0.05) is 30.3 Å². The number of rotatable bonds is 6. The molecular weight excluding hydrogens is 356 g/mol. The van der Waals surface area contributed by atoms with Crippen LogP contribution in [0.2, 0.25) is 0 Å². The van der Waals surface area contributed by atoms with E-state index in [4.69, 9.17) is 11.5 Å². The van der Waals surface area contributed by atoms with Gasteiger partial charge in [-0.2, -0.15) is 0 Å². The largest absolute Gasteiger partial charge is 0.343 e. The molecule has 1 aliphatic rings. The van der Waals surface area contributed by atoms with Crippen molar-refractivity contribution < 1.29 is 14.4 Å². The van der Waals surface area contributed by atoms with Crippen LogP contribution in [0.5, 0.6) is 0 Å². The fourth-order valence-electron chi connectivity index (χ4n) is 3.03. The summed E-state index contributed by atoms with van der Waals surface area (Å²) in [4.78, 5) is 37.1. The number of hydrogen-bond donors (Lipinski definition) is 3. The molecule has 1 aromatic rings. The Kier molecular flexibility index (Phi) is 10.4. The van der Waals surface area contributed by atoms with E-state index < -0.39 is 0 Å². The average molecular weight is 391 g/mol. The predicted octanol–water partition coefficient (Wildman–Crippen LogP) is 1.56. The minimum atomic E-state index is -0.331. The maximum Gasteiger partial charge on any atom is 0.251 e. The first-order chi connectivity index (χ1) is 13.3. The standard InChI is InChI=1S/C17H23N3O3.C4H11N/c1-11-7-15(18)10-20(9-11)16(22)8-19-17(23)14-5-3-13(4-6-14)12(2)21;1-2-3-4-5/h3-6,11,15H,7-10,18H2,1-2H3,(H,19,23);2-5H2,1H3. The highest BCUT2D eigenvalue weighted by Crippen LogP contribution is 2.14. The Morgan fingerprint density at radius 2 is 1.75 bits per heavy atom. The third kappa shape index (κ3) is 8.19. The molecule has 2 unspecified atom stereocenters. The van der Waals surface area contributed by atoms with Crippen molar-refractivity contribution >= 4 is 17.6 Å². The topological polar surface area (TPSA) is 119 Å². The van der Waals surface area contributed by atoms with E-state index in [1.807, 2.05) is 0 Å². The number of carbonyl (C=O) groups excluding carboxylic acids is 3. The molecule has 7 nitrogen and oxygen atoms in total. The van der Waals surface area contributed by atoms with Gasteiger partial charge in [-0.05, 0) is 44.4 Å². The molecule has 5 N–H and O–H groups in total. The molecule has 0 saturated carbocycles. The number of hydrogen-bond acceptors (Lipinski definition) is 5. The summed E-state index contributed by atoms with van der Waals surface area (Å²) in [6.07, 6.45) is 3.30. The molecule has 7 heteroatoms. The lowest BCUT2D eigenvalue weighted by molar-refractivity contribution is -0.132. The molecule has 2 amide bonds. The number of carbonyl (C=O) groups is 3. The summed E-state index contributed by atoms with van der Waals surface area (Å²) in [5.74, 6) is -0.135. The SMILES string of the molecule is CC(=O)c1ccc(C(=O)NCC(=O)N2CC(C)CC(N)C2)cc1.CCCCN. The van der Waals surface area contributed by atoms with Crippen molar-refractivity contribution in [3.8, 4) is 0 Å². The molecule has 2 atom stereocenters. The maximum atomic E-state index is 12.2. The fourth-order valence-corrected chi connectivity index (χ4v) is 3.03. The summed E-state index contributed by atoms with van der Waals surface area (Å²) in [7, 11) is 0. The van der Waals surface area contributed by atoms with E-state index in [9.17, 15) is 14.4 Å². The number of benzene rings is 1. The van der Waals surface area contributed by atoms with Gasteiger partial charge in [0.25, 0.3) is 5.91 Å². The number of nitrogens with two attached hydrogens (primary N) is 2. The van der Waals surface area contributed by atoms with E-state index in [2.05, 4.69) is 19.2 Å². The number of Topliss-reactive ketones (excluding diaryl/α,β-unsaturated/α-hetero) is 1. The van der Waals surface area contributed by atoms with Crippen molar-refractivity contribution in [3.05, 3.63) is 35.4 Å². The number of nitrogens with zero attached hydrogens (tertiary/aromatic N) is 1. The highest BCUT2D eigenvalue weighted by Gasteiger charge is 2.25. The van der Waals surface area contributed by atoms with Crippen LogP contribution in [0.4, 0.5) is 0 Å². The third-order valence-electron chi connectivity index (χ3n) is 4.56. The summed E-state index contributed by atoms with van der Waals surface area (Å²) in [5.41, 5.74) is 12.0. The highest BCUT2D eigenvalue weighted by atomic mass is 16.2. The second-order valence-electron chi connectivity index (χ2n) is 7.36. The fraction of sp³-hybridized carbons (Fsp3) is 0.571. The number of amides is 2. The summed E-state index contributed by atoms with van der Waals surface area (Å²) in [6, 6.07) is 6.36. The molecule has 156 valence electrons. The Morgan fingerprint density at radius 3 is 2.21 bits per heavy atom. The van der Waals surface area contributed by atoms with Gasteiger partial charge in [-0.1, -0.05) is 32.4 Å². The van der Waals surface area contributed by atoms with Crippen LogP contribution in [-0.2, 0) is 4.79 Å². The van der Waals surface area contributed by atoms with Gasteiger partial charge in [-0.25, -0.2) is 0 Å². The van der Waals surface area contributed by atoms with Crippen LogP contribution in [0.25, 0.3) is 0 Å². The minimum Gasteiger partial charge on any atom is -0.343 e. The first kappa shape index (κ1) is 23.8. The summed E-state index contributed by atoms with van der Waals surface area (Å²) in [5, 5.41) is 2.62. The average Bonchev–Trinajstić information content (AvgIpc) is 2.66. The molecule has 28 heavy (non-hydrogen) atoms. The molecule has 1 heterocycles. The van der Waals surface area contributed by atoms with Crippen molar-refractivity contribution in [1.29, 1.82) is 0 Å². The van der Waals surface area contributed by atoms with Gasteiger partial charge < -0.3 is 21.7 Å². The monoisotopic (exact) mass is 390 g/mol. The van der Waals surface area contributed by atoms with Gasteiger partial charge in [-0.15, -0.1) is 0 Å². The molecule has 0 bridgehead atoms. The van der Waals surface area contributed by atoms with E-state index in [1.165, 1.54) is 19.8 Å². The number of unbranched alkanes of at least 4 members (excludes halogenated alkanes) is 1. The predicted molar refractivity (Wildman–Crippen MR) is 111 cm³/mol. The summed E-state index contributed by atoms with van der Waals surface area (Å²) >= 11 is 0. The molecule has 0 spiro atoms. The van der Waals surface area contributed by atoms with Crippen LogP contribution in [0.1, 0.15) is 60.7 Å². The Balaban J connectivity index is 0.000000696. The zero-order valence-electron chi connectivity index (χ0n) is 17.2. The zero-order valence-corrected chi connectivity index (χ0v) is 17.2. The van der Waals surface area contributed by atoms with Crippen molar-refractivity contribution in [3.63, 3.8) is 0 Å². The van der Waals surface area contributed by atoms with Crippen molar-refractivity contribution in [2.24, 2.45) is 17.4 Å². The van der Waals surface area contributed by atoms with E-state index in [1.54, 1.807) is 29.2 Å². The molecular formula is C21H34N4O3. The van der Waals surface area contributed by atoms with Crippen LogP contribution < -0.4 is 16.8 Å². The Bertz CT molecular complexity index is 634. The first-order valence-corrected chi connectivity index (χ1v) is 9.91. The minimum absolute atomic E-state index is 0.00229. The molecule has 2 rings (SSSR count). The van der Waals surface area contributed by atoms with E-state index in [0.717, 1.165) is 13.0 Å². The lowest BCUT2D eigenvalue weighted by atomic mass is 9.96. The lowest BCUT2D eigenvalue weighted by Gasteiger charge is -2.34. The van der Waals surface area contributed by atoms with Gasteiger partial charge in [0.2, 0.25) is 5.91 Å². The third-order valence-corrected chi connectivity index (χ3v) is 4.56. The Morgan fingerprint density at radius 1 is 1.14 bits per heavy atom. The number of likely N-dealkylation sites (tertiary alicyclic amines) is 1. The second kappa shape index (κ2) is 12.3. The second-order valence-corrected chi connectivity index (χ2v) is 7.36. The molecule has 1 aliphatic heterocycles. The number of piperidine rings is 1. The molecule has 1 saturated heterocycles. The summed E-state index contributed by atoms with van der Waals surface area (Å²) < 4.78 is 0. The molecule has 1 fully saturated rings. The number of nitrogens with one attached hydrogen (secondary N) is 1. The first-order valence-electron chi connectivity index (χ1n) is 9.91. The van der Waals surface area contributed by atoms with Crippen molar-refractivity contribution in [2.45, 2.75) is 46.1 Å². The van der Waals surface area contributed by atoms with Crippen LogP contribution in [0, 0.1) is 5.92 Å². The lowest BCUT2D eigenvalue weighted by Crippen LogP contribution is -2.51.